The Labute approximate surface area is 126 Å². The molecule has 1 aromatic rings. The molecule has 0 saturated carbocycles. The standard InChI is InChI=1S/C16H24N4O/c1-19-11-9-18-15(19)12-20-10-3-6-16(13-20)7-5-14(21-16)4-2-8-17/h9,11,14H,2-7,10,12-13H2,1H3/t14-,16-/m0/s1. The summed E-state index contributed by atoms with van der Waals surface area (Å²) in [6.45, 7) is 3.03. The smallest absolute Gasteiger partial charge is 0.122 e. The third-order valence-corrected chi connectivity index (χ3v) is 4.82. The lowest BCUT2D eigenvalue weighted by Crippen LogP contribution is -2.48. The number of aryl methyl sites for hydroxylation is 1. The molecule has 5 nitrogen and oxygen atoms in total. The number of imidazole rings is 1. The van der Waals surface area contributed by atoms with E-state index < -0.39 is 0 Å². The van der Waals surface area contributed by atoms with E-state index in [1.54, 1.807) is 0 Å². The minimum atomic E-state index is 0.0313. The van der Waals surface area contributed by atoms with Crippen molar-refractivity contribution in [3.8, 4) is 6.07 Å². The van der Waals surface area contributed by atoms with E-state index in [0.717, 1.165) is 51.1 Å². The van der Waals surface area contributed by atoms with Gasteiger partial charge in [0.1, 0.15) is 5.82 Å². The van der Waals surface area contributed by atoms with Crippen LogP contribution in [0.25, 0.3) is 0 Å². The van der Waals surface area contributed by atoms with Gasteiger partial charge in [-0.05, 0) is 38.6 Å². The van der Waals surface area contributed by atoms with Crippen LogP contribution in [0.4, 0.5) is 0 Å². The van der Waals surface area contributed by atoms with Crippen LogP contribution in [0.2, 0.25) is 0 Å². The summed E-state index contributed by atoms with van der Waals surface area (Å²) in [5.41, 5.74) is 0.0313. The van der Waals surface area contributed by atoms with Gasteiger partial charge in [-0.3, -0.25) is 4.90 Å². The molecule has 2 fully saturated rings. The van der Waals surface area contributed by atoms with E-state index >= 15 is 0 Å². The van der Waals surface area contributed by atoms with Gasteiger partial charge in [-0.15, -0.1) is 0 Å². The molecule has 2 atom stereocenters. The molecule has 1 aromatic heterocycles. The summed E-state index contributed by atoms with van der Waals surface area (Å²) in [7, 11) is 2.05. The Morgan fingerprint density at radius 3 is 3.19 bits per heavy atom. The lowest BCUT2D eigenvalue weighted by Gasteiger charge is -2.40. The molecular weight excluding hydrogens is 264 g/mol. The lowest BCUT2D eigenvalue weighted by atomic mass is 9.90. The van der Waals surface area contributed by atoms with Gasteiger partial charge in [-0.25, -0.2) is 4.98 Å². The highest BCUT2D eigenvalue weighted by molar-refractivity contribution is 4.98. The van der Waals surface area contributed by atoms with Crippen LogP contribution in [0.5, 0.6) is 0 Å². The van der Waals surface area contributed by atoms with Crippen LogP contribution in [0, 0.1) is 11.3 Å². The summed E-state index contributed by atoms with van der Waals surface area (Å²) in [5.74, 6) is 1.12. The van der Waals surface area contributed by atoms with Gasteiger partial charge in [0.05, 0.1) is 24.3 Å². The van der Waals surface area contributed by atoms with Crippen LogP contribution >= 0.6 is 0 Å². The summed E-state index contributed by atoms with van der Waals surface area (Å²) in [5, 5.41) is 8.72. The molecule has 0 aromatic carbocycles. The normalized spacial score (nSPS) is 29.8. The van der Waals surface area contributed by atoms with Crippen molar-refractivity contribution < 1.29 is 4.74 Å². The molecule has 0 N–H and O–H groups in total. The Hall–Kier alpha value is -1.38. The SMILES string of the molecule is Cn1ccnc1CN1CCC[C@]2(CC[C@H](CCC#N)O2)C1. The summed E-state index contributed by atoms with van der Waals surface area (Å²) in [6.07, 6.45) is 10.2. The quantitative estimate of drug-likeness (QED) is 0.852. The minimum absolute atomic E-state index is 0.0313. The second-order valence-corrected chi connectivity index (χ2v) is 6.43. The van der Waals surface area contributed by atoms with E-state index in [4.69, 9.17) is 10.00 Å². The van der Waals surface area contributed by atoms with Crippen molar-refractivity contribution in [2.75, 3.05) is 13.1 Å². The first-order valence-corrected chi connectivity index (χ1v) is 7.94. The van der Waals surface area contributed by atoms with Gasteiger partial charge in [0.2, 0.25) is 0 Å². The van der Waals surface area contributed by atoms with E-state index in [1.807, 2.05) is 19.4 Å². The van der Waals surface area contributed by atoms with E-state index in [9.17, 15) is 0 Å². The predicted molar refractivity (Wildman–Crippen MR) is 79.4 cm³/mol. The summed E-state index contributed by atoms with van der Waals surface area (Å²) >= 11 is 0. The summed E-state index contributed by atoms with van der Waals surface area (Å²) in [6, 6.07) is 2.23. The van der Waals surface area contributed by atoms with Crippen LogP contribution in [0.15, 0.2) is 12.4 Å². The molecular formula is C16H24N4O. The van der Waals surface area contributed by atoms with Crippen LogP contribution in [0.1, 0.15) is 44.3 Å². The maximum absolute atomic E-state index is 8.72. The number of nitrogens with zero attached hydrogens (tertiary/aromatic N) is 4. The maximum atomic E-state index is 8.72. The average Bonchev–Trinajstić information content (AvgIpc) is 3.05. The van der Waals surface area contributed by atoms with Gasteiger partial charge in [-0.1, -0.05) is 0 Å². The van der Waals surface area contributed by atoms with Crippen molar-refractivity contribution in [1.29, 1.82) is 5.26 Å². The van der Waals surface area contributed by atoms with Gasteiger partial charge in [0.15, 0.2) is 0 Å². The van der Waals surface area contributed by atoms with Gasteiger partial charge in [0, 0.05) is 32.4 Å². The molecule has 2 saturated heterocycles. The zero-order valence-electron chi connectivity index (χ0n) is 12.8. The van der Waals surface area contributed by atoms with E-state index in [-0.39, 0.29) is 11.7 Å². The molecule has 21 heavy (non-hydrogen) atoms. The van der Waals surface area contributed by atoms with Crippen molar-refractivity contribution in [2.45, 2.75) is 56.8 Å². The van der Waals surface area contributed by atoms with Gasteiger partial charge in [0.25, 0.3) is 0 Å². The summed E-state index contributed by atoms with van der Waals surface area (Å²) < 4.78 is 8.44. The largest absolute Gasteiger partial charge is 0.370 e. The molecule has 0 aliphatic carbocycles. The molecule has 5 heteroatoms. The maximum Gasteiger partial charge on any atom is 0.122 e. The van der Waals surface area contributed by atoms with Crippen LogP contribution in [-0.2, 0) is 18.3 Å². The number of likely N-dealkylation sites (tertiary alicyclic amines) is 1. The highest BCUT2D eigenvalue weighted by atomic mass is 16.5. The van der Waals surface area contributed by atoms with E-state index in [2.05, 4.69) is 20.5 Å². The molecule has 0 unspecified atom stereocenters. The van der Waals surface area contributed by atoms with E-state index in [0.29, 0.717) is 6.42 Å². The molecule has 114 valence electrons. The van der Waals surface area contributed by atoms with Crippen molar-refractivity contribution >= 4 is 0 Å². The Bertz CT molecular complexity index is 521. The van der Waals surface area contributed by atoms with Gasteiger partial charge < -0.3 is 9.30 Å². The molecule has 0 amide bonds. The molecule has 0 bridgehead atoms. The fourth-order valence-corrected chi connectivity index (χ4v) is 3.70. The first-order valence-electron chi connectivity index (χ1n) is 7.94. The van der Waals surface area contributed by atoms with Crippen LogP contribution in [0.3, 0.4) is 0 Å². The third-order valence-electron chi connectivity index (χ3n) is 4.82. The van der Waals surface area contributed by atoms with Gasteiger partial charge >= 0.3 is 0 Å². The number of aromatic nitrogens is 2. The van der Waals surface area contributed by atoms with Gasteiger partial charge in [-0.2, -0.15) is 5.26 Å². The van der Waals surface area contributed by atoms with Crippen molar-refractivity contribution in [1.82, 2.24) is 14.5 Å². The predicted octanol–water partition coefficient (Wildman–Crippen LogP) is 2.24. The molecule has 1 spiro atoms. The highest BCUT2D eigenvalue weighted by Gasteiger charge is 2.42. The zero-order chi connectivity index (χ0) is 14.7. The Balaban J connectivity index is 1.59. The topological polar surface area (TPSA) is 54.1 Å². The second-order valence-electron chi connectivity index (χ2n) is 6.43. The molecule has 0 radical (unpaired) electrons. The second kappa shape index (κ2) is 6.17. The monoisotopic (exact) mass is 288 g/mol. The fraction of sp³-hybridized carbons (Fsp3) is 0.750. The number of nitriles is 1. The van der Waals surface area contributed by atoms with E-state index in [1.165, 1.54) is 6.42 Å². The Kier molecular flexibility index (Phi) is 4.27. The third kappa shape index (κ3) is 3.28. The highest BCUT2D eigenvalue weighted by Crippen LogP contribution is 2.39. The van der Waals surface area contributed by atoms with Crippen molar-refractivity contribution in [3.05, 3.63) is 18.2 Å². The molecule has 3 rings (SSSR count). The van der Waals surface area contributed by atoms with Crippen LogP contribution in [-0.4, -0.2) is 39.2 Å². The average molecular weight is 288 g/mol. The number of piperidine rings is 1. The Morgan fingerprint density at radius 1 is 1.52 bits per heavy atom. The number of ether oxygens (including phenoxy) is 1. The fourth-order valence-electron chi connectivity index (χ4n) is 3.70. The number of rotatable bonds is 4. The lowest BCUT2D eigenvalue weighted by molar-refractivity contribution is -0.0862. The minimum Gasteiger partial charge on any atom is -0.370 e. The summed E-state index contributed by atoms with van der Waals surface area (Å²) in [4.78, 5) is 6.90. The van der Waals surface area contributed by atoms with Crippen LogP contribution < -0.4 is 0 Å². The number of hydrogen-bond acceptors (Lipinski definition) is 4. The Morgan fingerprint density at radius 2 is 2.43 bits per heavy atom. The molecule has 2 aliphatic rings. The molecule has 2 aliphatic heterocycles. The number of hydrogen-bond donors (Lipinski definition) is 0. The zero-order valence-corrected chi connectivity index (χ0v) is 12.8. The molecule has 3 heterocycles. The first-order chi connectivity index (χ1) is 10.2. The first kappa shape index (κ1) is 14.6. The van der Waals surface area contributed by atoms with Crippen molar-refractivity contribution in [2.24, 2.45) is 7.05 Å². The van der Waals surface area contributed by atoms with Crippen molar-refractivity contribution in [3.63, 3.8) is 0 Å².